The van der Waals surface area contributed by atoms with E-state index < -0.39 is 0 Å². The molecule has 0 unspecified atom stereocenters. The summed E-state index contributed by atoms with van der Waals surface area (Å²) in [6.07, 6.45) is 0. The number of hydrogen-bond acceptors (Lipinski definition) is 2. The lowest BCUT2D eigenvalue weighted by Crippen LogP contribution is -2.10. The van der Waals surface area contributed by atoms with Crippen molar-refractivity contribution in [3.63, 3.8) is 0 Å². The number of nitrogens with zero attached hydrogens (tertiary/aromatic N) is 2. The minimum atomic E-state index is 1.10. The van der Waals surface area contributed by atoms with Crippen LogP contribution in [0.15, 0.2) is 267 Å². The Bertz CT molecular complexity index is 3440. The van der Waals surface area contributed by atoms with Crippen LogP contribution in [0.3, 0.4) is 0 Å². The van der Waals surface area contributed by atoms with Crippen LogP contribution >= 0.6 is 0 Å². The number of benzene rings is 12. The maximum atomic E-state index is 2.34. The van der Waals surface area contributed by atoms with Gasteiger partial charge >= 0.3 is 0 Å². The van der Waals surface area contributed by atoms with Gasteiger partial charge < -0.3 is 9.80 Å². The number of para-hydroxylation sites is 2. The molecule has 0 saturated carbocycles. The van der Waals surface area contributed by atoms with Crippen molar-refractivity contribution in [3.05, 3.63) is 267 Å². The van der Waals surface area contributed by atoms with Crippen molar-refractivity contribution in [1.82, 2.24) is 0 Å². The van der Waals surface area contributed by atoms with Gasteiger partial charge in [-0.25, -0.2) is 0 Å². The van der Waals surface area contributed by atoms with Gasteiger partial charge in [-0.3, -0.25) is 0 Å². The van der Waals surface area contributed by atoms with Gasteiger partial charge in [-0.1, -0.05) is 170 Å². The van der Waals surface area contributed by atoms with E-state index in [0.717, 1.165) is 45.3 Å². The molecule has 0 heterocycles. The van der Waals surface area contributed by atoms with Crippen LogP contribution in [0.2, 0.25) is 0 Å². The van der Waals surface area contributed by atoms with Crippen molar-refractivity contribution >= 4 is 77.2 Å². The SMILES string of the molecule is c1ccc(N(c2ccc(-c3ccc(N(c4ccccc4)c4ccc5cc(-c6ccc7ccccc7c6)ccc5c4)cc3)cc2)c2ccc3cc(-c4ccc5ccccc5c4)ccc3c2)cc1. The fraction of sp³-hybridized carbons (Fsp3) is 0. The average Bonchev–Trinajstić information content (AvgIpc) is 3.39. The highest BCUT2D eigenvalue weighted by atomic mass is 15.1. The predicted molar refractivity (Wildman–Crippen MR) is 282 cm³/mol. The Morgan fingerprint density at radius 3 is 0.773 bits per heavy atom. The summed E-state index contributed by atoms with van der Waals surface area (Å²) in [7, 11) is 0. The van der Waals surface area contributed by atoms with Crippen molar-refractivity contribution in [2.45, 2.75) is 0 Å². The van der Waals surface area contributed by atoms with Gasteiger partial charge in [0.25, 0.3) is 0 Å². The van der Waals surface area contributed by atoms with Gasteiger partial charge in [-0.05, 0) is 174 Å². The summed E-state index contributed by atoms with van der Waals surface area (Å²) in [4.78, 5) is 4.68. The molecule has 2 nitrogen and oxygen atoms in total. The maximum Gasteiger partial charge on any atom is 0.0468 e. The van der Waals surface area contributed by atoms with Crippen molar-refractivity contribution in [1.29, 1.82) is 0 Å². The number of rotatable bonds is 9. The van der Waals surface area contributed by atoms with Gasteiger partial charge in [0, 0.05) is 34.1 Å². The second kappa shape index (κ2) is 16.8. The first kappa shape index (κ1) is 38.9. The van der Waals surface area contributed by atoms with Gasteiger partial charge in [0.15, 0.2) is 0 Å². The molecule has 0 atom stereocenters. The quantitative estimate of drug-likeness (QED) is 0.143. The van der Waals surface area contributed by atoms with Crippen LogP contribution in [0.25, 0.3) is 76.5 Å². The van der Waals surface area contributed by atoms with Crippen molar-refractivity contribution < 1.29 is 0 Å². The first-order chi connectivity index (χ1) is 32.7. The largest absolute Gasteiger partial charge is 0.310 e. The summed E-state index contributed by atoms with van der Waals surface area (Å²) in [6.45, 7) is 0. The van der Waals surface area contributed by atoms with E-state index in [9.17, 15) is 0 Å². The summed E-state index contributed by atoms with van der Waals surface area (Å²) >= 11 is 0. The molecule has 0 aromatic heterocycles. The lowest BCUT2D eigenvalue weighted by Gasteiger charge is -2.26. The summed E-state index contributed by atoms with van der Waals surface area (Å²) in [5, 5.41) is 9.87. The molecular weight excluding hydrogens is 797 g/mol. The average molecular weight is 841 g/mol. The van der Waals surface area contributed by atoms with Gasteiger partial charge in [0.05, 0.1) is 0 Å². The van der Waals surface area contributed by atoms with E-state index in [4.69, 9.17) is 0 Å². The van der Waals surface area contributed by atoms with E-state index in [-0.39, 0.29) is 0 Å². The third-order valence-corrected chi connectivity index (χ3v) is 12.9. The first-order valence-corrected chi connectivity index (χ1v) is 22.6. The number of hydrogen-bond donors (Lipinski definition) is 0. The van der Waals surface area contributed by atoms with Crippen LogP contribution in [0.4, 0.5) is 34.1 Å². The van der Waals surface area contributed by atoms with E-state index in [1.807, 2.05) is 0 Å². The van der Waals surface area contributed by atoms with E-state index in [2.05, 4.69) is 277 Å². The second-order valence-electron chi connectivity index (χ2n) is 17.1. The first-order valence-electron chi connectivity index (χ1n) is 22.6. The highest BCUT2D eigenvalue weighted by Gasteiger charge is 2.16. The molecule has 66 heavy (non-hydrogen) atoms. The number of fused-ring (bicyclic) bond motifs is 4. The van der Waals surface area contributed by atoms with Gasteiger partial charge in [-0.2, -0.15) is 0 Å². The lowest BCUT2D eigenvalue weighted by molar-refractivity contribution is 1.28. The topological polar surface area (TPSA) is 6.48 Å². The van der Waals surface area contributed by atoms with Crippen LogP contribution in [0, 0.1) is 0 Å². The lowest BCUT2D eigenvalue weighted by atomic mass is 9.98. The minimum Gasteiger partial charge on any atom is -0.310 e. The molecule has 0 aliphatic rings. The molecule has 0 aliphatic heterocycles. The van der Waals surface area contributed by atoms with Crippen molar-refractivity contribution in [2.75, 3.05) is 9.80 Å². The summed E-state index contributed by atoms with van der Waals surface area (Å²) < 4.78 is 0. The molecule has 310 valence electrons. The molecule has 12 aromatic rings. The standard InChI is InChI=1S/C64H44N2/c1-3-15-59(16-4-1)65(63-37-31-55-41-53(23-25-57(55)43-63)51-21-19-45-11-7-9-13-49(45)39-51)61-33-27-47(28-34-61)48-29-35-62(36-30-48)66(60-17-5-2-6-18-60)64-38-32-56-42-54(24-26-58(56)44-64)52-22-20-46-12-8-10-14-50(46)40-52/h1-44H. The molecule has 0 aliphatic carbocycles. The predicted octanol–water partition coefficient (Wildman–Crippen LogP) is 18.2. The monoisotopic (exact) mass is 840 g/mol. The highest BCUT2D eigenvalue weighted by molar-refractivity contribution is 5.96. The fourth-order valence-corrected chi connectivity index (χ4v) is 9.50. The molecule has 12 rings (SSSR count). The van der Waals surface area contributed by atoms with Gasteiger partial charge in [0.2, 0.25) is 0 Å². The molecule has 0 saturated heterocycles. The number of anilines is 6. The molecular formula is C64H44N2. The van der Waals surface area contributed by atoms with Crippen LogP contribution in [-0.2, 0) is 0 Å². The normalized spacial score (nSPS) is 11.3. The van der Waals surface area contributed by atoms with E-state index in [0.29, 0.717) is 0 Å². The van der Waals surface area contributed by atoms with E-state index in [1.165, 1.54) is 65.3 Å². The molecule has 12 aromatic carbocycles. The van der Waals surface area contributed by atoms with Crippen LogP contribution in [-0.4, -0.2) is 0 Å². The van der Waals surface area contributed by atoms with Gasteiger partial charge in [-0.15, -0.1) is 0 Å². The molecule has 0 bridgehead atoms. The Kier molecular flexibility index (Phi) is 9.89. The second-order valence-corrected chi connectivity index (χ2v) is 17.1. The third-order valence-electron chi connectivity index (χ3n) is 12.9. The smallest absolute Gasteiger partial charge is 0.0468 e. The van der Waals surface area contributed by atoms with Gasteiger partial charge in [0.1, 0.15) is 0 Å². The molecule has 2 heteroatoms. The maximum absolute atomic E-state index is 2.34. The summed E-state index contributed by atoms with van der Waals surface area (Å²) in [5.41, 5.74) is 13.9. The Labute approximate surface area is 385 Å². The molecule has 0 amide bonds. The molecule has 0 spiro atoms. The third kappa shape index (κ3) is 7.51. The van der Waals surface area contributed by atoms with Crippen LogP contribution < -0.4 is 9.80 Å². The fourth-order valence-electron chi connectivity index (χ4n) is 9.50. The highest BCUT2D eigenvalue weighted by Crippen LogP contribution is 2.40. The Morgan fingerprint density at radius 2 is 0.394 bits per heavy atom. The van der Waals surface area contributed by atoms with Crippen LogP contribution in [0.1, 0.15) is 0 Å². The van der Waals surface area contributed by atoms with E-state index >= 15 is 0 Å². The van der Waals surface area contributed by atoms with Crippen molar-refractivity contribution in [2.24, 2.45) is 0 Å². The molecule has 0 radical (unpaired) electrons. The minimum absolute atomic E-state index is 1.10. The van der Waals surface area contributed by atoms with Crippen molar-refractivity contribution in [3.8, 4) is 33.4 Å². The Balaban J connectivity index is 0.828. The zero-order chi connectivity index (χ0) is 43.8. The zero-order valence-electron chi connectivity index (χ0n) is 36.3. The van der Waals surface area contributed by atoms with Crippen LogP contribution in [0.5, 0.6) is 0 Å². The summed E-state index contributed by atoms with van der Waals surface area (Å²) in [5.74, 6) is 0. The molecule has 0 N–H and O–H groups in total. The summed E-state index contributed by atoms with van der Waals surface area (Å²) in [6, 6.07) is 96.9. The Morgan fingerprint density at radius 1 is 0.152 bits per heavy atom. The Hall–Kier alpha value is -8.72. The zero-order valence-corrected chi connectivity index (χ0v) is 36.3. The van der Waals surface area contributed by atoms with E-state index in [1.54, 1.807) is 0 Å². The molecule has 0 fully saturated rings.